The zero-order chi connectivity index (χ0) is 9.64. The highest BCUT2D eigenvalue weighted by Gasteiger charge is 2.17. The van der Waals surface area contributed by atoms with Crippen LogP contribution in [0.4, 0.5) is 0 Å². The van der Waals surface area contributed by atoms with E-state index in [0.29, 0.717) is 0 Å². The van der Waals surface area contributed by atoms with Gasteiger partial charge in [0.1, 0.15) is 0 Å². The number of hydrogen-bond donors (Lipinski definition) is 1. The third-order valence-corrected chi connectivity index (χ3v) is 3.64. The summed E-state index contributed by atoms with van der Waals surface area (Å²) in [6.45, 7) is 3.18. The summed E-state index contributed by atoms with van der Waals surface area (Å²) in [6, 6.07) is 0.741. The third-order valence-electron chi connectivity index (χ3n) is 3.64. The maximum absolute atomic E-state index is 5.35. The second kappa shape index (κ2) is 5.72. The average Bonchev–Trinajstić information content (AvgIpc) is 2.29. The highest BCUT2D eigenvalue weighted by Crippen LogP contribution is 2.23. The Hall–Kier alpha value is -0.0800. The summed E-state index contributed by atoms with van der Waals surface area (Å²) >= 11 is 0. The summed E-state index contributed by atoms with van der Waals surface area (Å²) in [5.74, 6) is 0.964. The van der Waals surface area contributed by atoms with Crippen LogP contribution in [0.25, 0.3) is 0 Å². The van der Waals surface area contributed by atoms with Gasteiger partial charge in [-0.3, -0.25) is 0 Å². The van der Waals surface area contributed by atoms with E-state index < -0.39 is 0 Å². The van der Waals surface area contributed by atoms with Crippen LogP contribution in [0.15, 0.2) is 0 Å². The zero-order valence-corrected chi connectivity index (χ0v) is 9.13. The van der Waals surface area contributed by atoms with E-state index in [0.717, 1.165) is 25.2 Å². The van der Waals surface area contributed by atoms with Gasteiger partial charge in [-0.2, -0.15) is 0 Å². The van der Waals surface area contributed by atoms with Gasteiger partial charge >= 0.3 is 0 Å². The standard InChI is InChI=1S/C12H23NO/c1-2-4-11(5-3-1)10-13-12-6-8-14-9-7-12/h11-13H,1-10H2. The van der Waals surface area contributed by atoms with Gasteiger partial charge in [0.05, 0.1) is 0 Å². The van der Waals surface area contributed by atoms with E-state index in [1.807, 2.05) is 0 Å². The van der Waals surface area contributed by atoms with Crippen LogP contribution in [0.1, 0.15) is 44.9 Å². The van der Waals surface area contributed by atoms with Crippen LogP contribution in [0.5, 0.6) is 0 Å². The monoisotopic (exact) mass is 197 g/mol. The first-order chi connectivity index (χ1) is 6.95. The molecule has 0 unspecified atom stereocenters. The van der Waals surface area contributed by atoms with Crippen molar-refractivity contribution in [3.63, 3.8) is 0 Å². The van der Waals surface area contributed by atoms with Gasteiger partial charge in [0.25, 0.3) is 0 Å². The maximum Gasteiger partial charge on any atom is 0.0480 e. The van der Waals surface area contributed by atoms with Gasteiger partial charge in [-0.05, 0) is 38.1 Å². The molecule has 82 valence electrons. The van der Waals surface area contributed by atoms with E-state index >= 15 is 0 Å². The molecular weight excluding hydrogens is 174 g/mol. The van der Waals surface area contributed by atoms with E-state index in [4.69, 9.17) is 4.74 Å². The lowest BCUT2D eigenvalue weighted by Gasteiger charge is -2.27. The second-order valence-electron chi connectivity index (χ2n) is 4.80. The fourth-order valence-electron chi connectivity index (χ4n) is 2.63. The molecule has 0 aromatic rings. The molecule has 2 aliphatic rings. The van der Waals surface area contributed by atoms with Crippen molar-refractivity contribution in [2.45, 2.75) is 51.0 Å². The third kappa shape index (κ3) is 3.25. The molecule has 2 fully saturated rings. The van der Waals surface area contributed by atoms with Crippen molar-refractivity contribution in [2.75, 3.05) is 19.8 Å². The van der Waals surface area contributed by atoms with Crippen molar-refractivity contribution in [1.29, 1.82) is 0 Å². The van der Waals surface area contributed by atoms with Crippen LogP contribution in [-0.4, -0.2) is 25.8 Å². The van der Waals surface area contributed by atoms with E-state index in [2.05, 4.69) is 5.32 Å². The molecule has 2 heteroatoms. The first-order valence-electron chi connectivity index (χ1n) is 6.26. The Bertz CT molecular complexity index is 130. The zero-order valence-electron chi connectivity index (χ0n) is 9.13. The average molecular weight is 197 g/mol. The SMILES string of the molecule is C1CCC(CNC2CCOCC2)CC1. The van der Waals surface area contributed by atoms with Gasteiger partial charge in [0, 0.05) is 19.3 Å². The Morgan fingerprint density at radius 1 is 0.929 bits per heavy atom. The largest absolute Gasteiger partial charge is 0.381 e. The Balaban J connectivity index is 1.60. The molecule has 0 spiro atoms. The van der Waals surface area contributed by atoms with Gasteiger partial charge in [-0.25, -0.2) is 0 Å². The van der Waals surface area contributed by atoms with E-state index in [9.17, 15) is 0 Å². The summed E-state index contributed by atoms with van der Waals surface area (Å²) in [4.78, 5) is 0. The fourth-order valence-corrected chi connectivity index (χ4v) is 2.63. The molecule has 1 aliphatic carbocycles. The lowest BCUT2D eigenvalue weighted by molar-refractivity contribution is 0.0763. The molecule has 0 aromatic carbocycles. The van der Waals surface area contributed by atoms with E-state index in [1.54, 1.807) is 0 Å². The molecule has 0 radical (unpaired) electrons. The van der Waals surface area contributed by atoms with Crippen molar-refractivity contribution in [3.05, 3.63) is 0 Å². The Morgan fingerprint density at radius 3 is 2.36 bits per heavy atom. The highest BCUT2D eigenvalue weighted by molar-refractivity contribution is 4.74. The minimum atomic E-state index is 0.741. The van der Waals surface area contributed by atoms with Crippen LogP contribution < -0.4 is 5.32 Å². The Morgan fingerprint density at radius 2 is 1.64 bits per heavy atom. The molecule has 1 N–H and O–H groups in total. The van der Waals surface area contributed by atoms with Crippen molar-refractivity contribution in [2.24, 2.45) is 5.92 Å². The van der Waals surface area contributed by atoms with Gasteiger partial charge in [-0.1, -0.05) is 19.3 Å². The van der Waals surface area contributed by atoms with Gasteiger partial charge in [0.15, 0.2) is 0 Å². The van der Waals surface area contributed by atoms with Crippen LogP contribution in [0.2, 0.25) is 0 Å². The van der Waals surface area contributed by atoms with Crippen molar-refractivity contribution in [3.8, 4) is 0 Å². The number of rotatable bonds is 3. The molecule has 0 amide bonds. The minimum Gasteiger partial charge on any atom is -0.381 e. The summed E-state index contributed by atoms with van der Waals surface area (Å²) in [5.41, 5.74) is 0. The minimum absolute atomic E-state index is 0.741. The molecule has 1 aliphatic heterocycles. The predicted molar refractivity (Wildman–Crippen MR) is 58.4 cm³/mol. The smallest absolute Gasteiger partial charge is 0.0480 e. The first kappa shape index (κ1) is 10.4. The molecule has 1 heterocycles. The maximum atomic E-state index is 5.35. The molecule has 1 saturated heterocycles. The van der Waals surface area contributed by atoms with Crippen LogP contribution in [-0.2, 0) is 4.74 Å². The van der Waals surface area contributed by atoms with Gasteiger partial charge in [0.2, 0.25) is 0 Å². The van der Waals surface area contributed by atoms with Crippen molar-refractivity contribution in [1.82, 2.24) is 5.32 Å². The topological polar surface area (TPSA) is 21.3 Å². The van der Waals surface area contributed by atoms with E-state index in [-0.39, 0.29) is 0 Å². The second-order valence-corrected chi connectivity index (χ2v) is 4.80. The highest BCUT2D eigenvalue weighted by atomic mass is 16.5. The molecule has 0 aromatic heterocycles. The van der Waals surface area contributed by atoms with Gasteiger partial charge in [-0.15, -0.1) is 0 Å². The number of ether oxygens (including phenoxy) is 1. The summed E-state index contributed by atoms with van der Waals surface area (Å²) < 4.78 is 5.35. The normalized spacial score (nSPS) is 26.6. The van der Waals surface area contributed by atoms with Gasteiger partial charge < -0.3 is 10.1 Å². The quantitative estimate of drug-likeness (QED) is 0.750. The Labute approximate surface area is 87.4 Å². The van der Waals surface area contributed by atoms with E-state index in [1.165, 1.54) is 51.5 Å². The molecule has 2 nitrogen and oxygen atoms in total. The molecular formula is C12H23NO. The summed E-state index contributed by atoms with van der Waals surface area (Å²) in [5, 5.41) is 3.71. The number of hydrogen-bond acceptors (Lipinski definition) is 2. The Kier molecular flexibility index (Phi) is 4.26. The van der Waals surface area contributed by atoms with Crippen LogP contribution >= 0.6 is 0 Å². The van der Waals surface area contributed by atoms with Crippen molar-refractivity contribution >= 4 is 0 Å². The summed E-state index contributed by atoms with van der Waals surface area (Å²) in [7, 11) is 0. The van der Waals surface area contributed by atoms with Crippen LogP contribution in [0.3, 0.4) is 0 Å². The van der Waals surface area contributed by atoms with Crippen LogP contribution in [0, 0.1) is 5.92 Å². The molecule has 0 atom stereocenters. The first-order valence-corrected chi connectivity index (χ1v) is 6.26. The molecule has 14 heavy (non-hydrogen) atoms. The molecule has 1 saturated carbocycles. The van der Waals surface area contributed by atoms with Crippen molar-refractivity contribution < 1.29 is 4.74 Å². The predicted octanol–water partition coefficient (Wildman–Crippen LogP) is 2.34. The molecule has 2 rings (SSSR count). The summed E-state index contributed by atoms with van der Waals surface area (Å²) in [6.07, 6.45) is 9.72. The molecule has 0 bridgehead atoms. The lowest BCUT2D eigenvalue weighted by atomic mass is 9.89. The fraction of sp³-hybridized carbons (Fsp3) is 1.00. The lowest BCUT2D eigenvalue weighted by Crippen LogP contribution is -2.38. The number of nitrogens with one attached hydrogen (secondary N) is 1.